The van der Waals surface area contributed by atoms with Crippen LogP contribution in [-0.2, 0) is 13.1 Å². The fourth-order valence-electron chi connectivity index (χ4n) is 7.66. The van der Waals surface area contributed by atoms with Crippen LogP contribution in [0.1, 0.15) is 44.2 Å². The fourth-order valence-corrected chi connectivity index (χ4v) is 7.66. The molecule has 8 rings (SSSR count). The zero-order valence-corrected chi connectivity index (χ0v) is 30.6. The highest BCUT2D eigenvalue weighted by molar-refractivity contribution is 6.10. The van der Waals surface area contributed by atoms with Crippen LogP contribution in [0.2, 0.25) is 0 Å². The Hall–Kier alpha value is -6.14. The first-order valence-electron chi connectivity index (χ1n) is 19.0. The predicted molar refractivity (Wildman–Crippen MR) is 227 cm³/mol. The number of fused-ring (bicyclic) bond motifs is 6. The summed E-state index contributed by atoms with van der Waals surface area (Å²) in [6.07, 6.45) is 7.10. The molecule has 0 aliphatic carbocycles. The molecular weight excluding hydrogens is 649 g/mol. The van der Waals surface area contributed by atoms with E-state index in [0.29, 0.717) is 0 Å². The third-order valence-electron chi connectivity index (χ3n) is 10.3. The summed E-state index contributed by atoms with van der Waals surface area (Å²) >= 11 is 0. The van der Waals surface area contributed by atoms with Gasteiger partial charge in [-0.1, -0.05) is 84.9 Å². The lowest BCUT2D eigenvalue weighted by molar-refractivity contribution is 0.648. The van der Waals surface area contributed by atoms with Crippen LogP contribution in [0.25, 0.3) is 43.6 Å². The molecule has 0 unspecified atom stereocenters. The molecule has 6 nitrogen and oxygen atoms in total. The van der Waals surface area contributed by atoms with Crippen LogP contribution < -0.4 is 10.0 Å². The van der Waals surface area contributed by atoms with Crippen molar-refractivity contribution >= 4 is 67.4 Å². The summed E-state index contributed by atoms with van der Waals surface area (Å²) in [5.41, 5.74) is 9.48. The van der Waals surface area contributed by atoms with Crippen LogP contribution in [0.5, 0.6) is 0 Å². The average molecular weight is 695 g/mol. The first-order valence-corrected chi connectivity index (χ1v) is 19.0. The summed E-state index contributed by atoms with van der Waals surface area (Å²) in [6.45, 7) is 7.96. The second kappa shape index (κ2) is 15.6. The number of hydrogen-bond donors (Lipinski definition) is 0. The summed E-state index contributed by atoms with van der Waals surface area (Å²) in [5, 5.41) is 19.5. The van der Waals surface area contributed by atoms with Gasteiger partial charge in [0.1, 0.15) is 0 Å². The van der Waals surface area contributed by atoms with E-state index in [9.17, 15) is 0 Å². The Balaban J connectivity index is 0.956. The summed E-state index contributed by atoms with van der Waals surface area (Å²) in [4.78, 5) is 0. The molecule has 0 spiro atoms. The van der Waals surface area contributed by atoms with Crippen molar-refractivity contribution in [2.24, 2.45) is 10.2 Å². The zero-order chi connectivity index (χ0) is 36.0. The van der Waals surface area contributed by atoms with Gasteiger partial charge in [0.15, 0.2) is 0 Å². The lowest BCUT2D eigenvalue weighted by Crippen LogP contribution is -2.20. The van der Waals surface area contributed by atoms with Crippen molar-refractivity contribution in [3.8, 4) is 0 Å². The van der Waals surface area contributed by atoms with Gasteiger partial charge in [0, 0.05) is 69.8 Å². The standard InChI is InChI=1S/C47H46N6/c1-3-50-44-24-14-12-22-40(44)42-32-36(26-28-46(42)50)34-48-52(38-18-8-5-9-19-38)30-16-7-17-31-53(39-20-10-6-11-21-39)49-35-37-27-29-47-43(33-37)41-23-13-15-25-45(41)51(47)4-2/h5-6,8-15,18-29,32-35H,3-4,7,16-17,30-31H2,1-2H3/b48-34+,49-35+. The van der Waals surface area contributed by atoms with Crippen molar-refractivity contribution in [1.82, 2.24) is 9.13 Å². The van der Waals surface area contributed by atoms with Crippen LogP contribution in [0.4, 0.5) is 11.4 Å². The molecule has 0 fully saturated rings. The number of rotatable bonds is 14. The number of aryl methyl sites for hydroxylation is 2. The predicted octanol–water partition coefficient (Wildman–Crippen LogP) is 11.5. The van der Waals surface area contributed by atoms with Gasteiger partial charge < -0.3 is 9.13 Å². The highest BCUT2D eigenvalue weighted by Gasteiger charge is 2.12. The van der Waals surface area contributed by atoms with Crippen molar-refractivity contribution in [2.45, 2.75) is 46.2 Å². The first-order chi connectivity index (χ1) is 26.2. The maximum Gasteiger partial charge on any atom is 0.0593 e. The Labute approximate surface area is 311 Å². The van der Waals surface area contributed by atoms with E-state index in [2.05, 4.69) is 179 Å². The van der Waals surface area contributed by atoms with E-state index in [0.717, 1.165) is 67.9 Å². The molecule has 0 saturated carbocycles. The Bertz CT molecular complexity index is 2350. The third kappa shape index (κ3) is 7.05. The van der Waals surface area contributed by atoms with Gasteiger partial charge in [0.05, 0.1) is 23.8 Å². The van der Waals surface area contributed by atoms with E-state index in [1.807, 2.05) is 12.4 Å². The number of anilines is 2. The molecule has 6 heteroatoms. The van der Waals surface area contributed by atoms with E-state index in [-0.39, 0.29) is 0 Å². The Morgan fingerprint density at radius 3 is 1.26 bits per heavy atom. The molecule has 53 heavy (non-hydrogen) atoms. The molecule has 0 amide bonds. The maximum atomic E-state index is 5.03. The van der Waals surface area contributed by atoms with E-state index >= 15 is 0 Å². The number of unbranched alkanes of at least 4 members (excludes halogenated alkanes) is 2. The van der Waals surface area contributed by atoms with Crippen LogP contribution >= 0.6 is 0 Å². The second-order valence-corrected chi connectivity index (χ2v) is 13.5. The minimum absolute atomic E-state index is 0.831. The third-order valence-corrected chi connectivity index (χ3v) is 10.3. The summed E-state index contributed by atoms with van der Waals surface area (Å²) in [5.74, 6) is 0. The number of hydrogen-bond acceptors (Lipinski definition) is 4. The van der Waals surface area contributed by atoms with Gasteiger partial charge in [-0.2, -0.15) is 10.2 Å². The molecule has 8 aromatic rings. The molecule has 0 atom stereocenters. The smallest absolute Gasteiger partial charge is 0.0593 e. The van der Waals surface area contributed by atoms with Gasteiger partial charge in [-0.25, -0.2) is 0 Å². The minimum Gasteiger partial charge on any atom is -0.341 e. The monoisotopic (exact) mass is 694 g/mol. The molecule has 0 aliphatic rings. The van der Waals surface area contributed by atoms with Crippen LogP contribution in [0, 0.1) is 0 Å². The SMILES string of the molecule is CCn1c2ccccc2c2cc(/C=N/N(CCCCCN(/N=C/c3ccc4c(c3)c3ccccc3n4CC)c3ccccc3)c3ccccc3)ccc21. The summed E-state index contributed by atoms with van der Waals surface area (Å²) in [7, 11) is 0. The molecule has 0 aliphatic heterocycles. The van der Waals surface area contributed by atoms with Crippen LogP contribution in [-0.4, -0.2) is 34.7 Å². The molecule has 264 valence electrons. The average Bonchev–Trinajstić information content (AvgIpc) is 3.72. The molecule has 2 heterocycles. The Morgan fingerprint density at radius 1 is 0.434 bits per heavy atom. The minimum atomic E-state index is 0.831. The molecule has 0 N–H and O–H groups in total. The number of nitrogens with zero attached hydrogens (tertiary/aromatic N) is 6. The van der Waals surface area contributed by atoms with Gasteiger partial charge in [0.25, 0.3) is 0 Å². The van der Waals surface area contributed by atoms with Gasteiger partial charge in [0.2, 0.25) is 0 Å². The highest BCUT2D eigenvalue weighted by atomic mass is 15.5. The molecule has 2 aromatic heterocycles. The Kier molecular flexibility index (Phi) is 10.0. The number of hydrazone groups is 2. The summed E-state index contributed by atoms with van der Waals surface area (Å²) < 4.78 is 4.77. The topological polar surface area (TPSA) is 41.1 Å². The fraction of sp³-hybridized carbons (Fsp3) is 0.191. The van der Waals surface area contributed by atoms with Gasteiger partial charge in [-0.05, 0) is 105 Å². The normalized spacial score (nSPS) is 12.0. The summed E-state index contributed by atoms with van der Waals surface area (Å²) in [6, 6.07) is 51.7. The number of para-hydroxylation sites is 4. The highest BCUT2D eigenvalue weighted by Crippen LogP contribution is 2.31. The second-order valence-electron chi connectivity index (χ2n) is 13.5. The quantitative estimate of drug-likeness (QED) is 0.0646. The number of benzene rings is 6. The van der Waals surface area contributed by atoms with Gasteiger partial charge in [-0.3, -0.25) is 10.0 Å². The van der Waals surface area contributed by atoms with E-state index in [1.165, 1.54) is 43.6 Å². The largest absolute Gasteiger partial charge is 0.341 e. The van der Waals surface area contributed by atoms with Crippen molar-refractivity contribution in [3.63, 3.8) is 0 Å². The van der Waals surface area contributed by atoms with Crippen molar-refractivity contribution in [2.75, 3.05) is 23.1 Å². The lowest BCUT2D eigenvalue weighted by Gasteiger charge is -2.21. The first kappa shape index (κ1) is 34.0. The Morgan fingerprint density at radius 2 is 0.830 bits per heavy atom. The maximum absolute atomic E-state index is 5.03. The van der Waals surface area contributed by atoms with E-state index in [4.69, 9.17) is 10.2 Å². The molecule has 0 radical (unpaired) electrons. The molecule has 0 bridgehead atoms. The molecule has 6 aromatic carbocycles. The van der Waals surface area contributed by atoms with Crippen molar-refractivity contribution < 1.29 is 0 Å². The van der Waals surface area contributed by atoms with Crippen molar-refractivity contribution in [3.05, 3.63) is 157 Å². The van der Waals surface area contributed by atoms with Gasteiger partial charge in [-0.15, -0.1) is 0 Å². The lowest BCUT2D eigenvalue weighted by atomic mass is 10.1. The van der Waals surface area contributed by atoms with Crippen molar-refractivity contribution in [1.29, 1.82) is 0 Å². The van der Waals surface area contributed by atoms with E-state index < -0.39 is 0 Å². The van der Waals surface area contributed by atoms with E-state index in [1.54, 1.807) is 0 Å². The van der Waals surface area contributed by atoms with Gasteiger partial charge >= 0.3 is 0 Å². The molecule has 0 saturated heterocycles. The van der Waals surface area contributed by atoms with Crippen LogP contribution in [0.3, 0.4) is 0 Å². The van der Waals surface area contributed by atoms with Crippen LogP contribution in [0.15, 0.2) is 156 Å². The molecular formula is C47H46N6. The zero-order valence-electron chi connectivity index (χ0n) is 30.6. The number of aromatic nitrogens is 2.